The molecule has 0 bridgehead atoms. The van der Waals surface area contributed by atoms with Crippen LogP contribution in [0.4, 0.5) is 8.78 Å². The van der Waals surface area contributed by atoms with Crippen LogP contribution in [0, 0.1) is 0 Å². The minimum Gasteiger partial charge on any atom is -0.395 e. The molecule has 2 heterocycles. The van der Waals surface area contributed by atoms with Gasteiger partial charge in [0.1, 0.15) is 12.2 Å². The highest BCUT2D eigenvalue weighted by Gasteiger charge is 2.45. The zero-order chi connectivity index (χ0) is 30.4. The molecule has 6 rings (SSSR count). The molecule has 0 amide bonds. The van der Waals surface area contributed by atoms with Gasteiger partial charge in [0.2, 0.25) is 0 Å². The normalized spacial score (nSPS) is 22.6. The van der Waals surface area contributed by atoms with Gasteiger partial charge in [-0.3, -0.25) is 4.90 Å². The Morgan fingerprint density at radius 3 is 1.77 bits per heavy atom. The Hall–Kier alpha value is -3.82. The van der Waals surface area contributed by atoms with E-state index in [1.165, 1.54) is 6.07 Å². The summed E-state index contributed by atoms with van der Waals surface area (Å²) in [5, 5.41) is 0. The fraction of sp³-hybridized carbons (Fsp3) is 0.333. The van der Waals surface area contributed by atoms with E-state index in [0.717, 1.165) is 22.3 Å². The van der Waals surface area contributed by atoms with E-state index in [9.17, 15) is 8.78 Å². The van der Waals surface area contributed by atoms with Crippen molar-refractivity contribution in [3.63, 3.8) is 0 Å². The molecule has 0 N–H and O–H groups in total. The van der Waals surface area contributed by atoms with Gasteiger partial charge in [-0.05, 0) is 47.7 Å². The van der Waals surface area contributed by atoms with Gasteiger partial charge >= 0.3 is 6.29 Å². The highest BCUT2D eigenvalue weighted by molar-refractivity contribution is 5.45. The molecular weight excluding hydrogens is 564 g/mol. The second-order valence-corrected chi connectivity index (χ2v) is 11.3. The fourth-order valence-corrected chi connectivity index (χ4v) is 5.81. The standard InChI is InChI=1S/C36H37F2NO5/c1-26-34(41-24-29-13-7-3-8-14-29)35(42-25-30-15-9-4-10-16-30)33(40-23-28-11-5-2-6-12-28)22-39(26)20-19-27-17-18-31-32(21-27)44-36(37,38)43-31/h2-18,21,26,33-35H,19-20,22-25H2,1H3/t26-,33+,34-,35-/m1/s1. The van der Waals surface area contributed by atoms with Gasteiger partial charge in [-0.25, -0.2) is 0 Å². The SMILES string of the molecule is C[C@@H]1[C@@H](OCc2ccccc2)[C@H](OCc2ccccc2)[C@@H](OCc2ccccc2)CN1CCc1ccc2c(c1)OC(F)(F)O2. The molecule has 0 spiro atoms. The predicted molar refractivity (Wildman–Crippen MR) is 162 cm³/mol. The van der Waals surface area contributed by atoms with Crippen molar-refractivity contribution in [2.75, 3.05) is 13.1 Å². The Morgan fingerprint density at radius 2 is 1.18 bits per heavy atom. The summed E-state index contributed by atoms with van der Waals surface area (Å²) in [6.07, 6.45) is -3.89. The number of fused-ring (bicyclic) bond motifs is 1. The highest BCUT2D eigenvalue weighted by Crippen LogP contribution is 2.41. The molecule has 2 aliphatic rings. The van der Waals surface area contributed by atoms with E-state index >= 15 is 0 Å². The van der Waals surface area contributed by atoms with Crippen molar-refractivity contribution in [2.24, 2.45) is 0 Å². The summed E-state index contributed by atoms with van der Waals surface area (Å²) < 4.78 is 56.3. The second-order valence-electron chi connectivity index (χ2n) is 11.3. The zero-order valence-corrected chi connectivity index (χ0v) is 24.7. The van der Waals surface area contributed by atoms with E-state index in [-0.39, 0.29) is 35.9 Å². The second kappa shape index (κ2) is 13.9. The van der Waals surface area contributed by atoms with Crippen molar-refractivity contribution >= 4 is 0 Å². The average Bonchev–Trinajstić information content (AvgIpc) is 3.36. The van der Waals surface area contributed by atoms with Crippen LogP contribution in [0.3, 0.4) is 0 Å². The lowest BCUT2D eigenvalue weighted by Gasteiger charge is -2.47. The van der Waals surface area contributed by atoms with Crippen molar-refractivity contribution in [3.05, 3.63) is 131 Å². The van der Waals surface area contributed by atoms with E-state index in [1.54, 1.807) is 12.1 Å². The number of halogens is 2. The largest absolute Gasteiger partial charge is 0.586 e. The van der Waals surface area contributed by atoms with Crippen LogP contribution in [-0.4, -0.2) is 48.6 Å². The fourth-order valence-electron chi connectivity index (χ4n) is 5.81. The van der Waals surface area contributed by atoms with Gasteiger partial charge in [-0.2, -0.15) is 0 Å². The number of benzene rings is 4. The summed E-state index contributed by atoms with van der Waals surface area (Å²) in [7, 11) is 0. The molecule has 1 fully saturated rings. The Balaban J connectivity index is 1.22. The molecule has 1 saturated heterocycles. The molecule has 0 saturated carbocycles. The molecular formula is C36H37F2NO5. The molecule has 8 heteroatoms. The molecule has 4 aromatic carbocycles. The van der Waals surface area contributed by atoms with E-state index in [2.05, 4.69) is 57.7 Å². The zero-order valence-electron chi connectivity index (χ0n) is 24.7. The number of piperidine rings is 1. The van der Waals surface area contributed by atoms with Crippen molar-refractivity contribution in [1.82, 2.24) is 4.90 Å². The first-order valence-electron chi connectivity index (χ1n) is 15.0. The smallest absolute Gasteiger partial charge is 0.395 e. The van der Waals surface area contributed by atoms with Gasteiger partial charge in [-0.1, -0.05) is 97.1 Å². The van der Waals surface area contributed by atoms with Crippen LogP contribution < -0.4 is 9.47 Å². The third-order valence-corrected chi connectivity index (χ3v) is 8.19. The number of hydrogen-bond acceptors (Lipinski definition) is 6. The lowest BCUT2D eigenvalue weighted by Crippen LogP contribution is -2.62. The molecule has 6 nitrogen and oxygen atoms in total. The number of rotatable bonds is 12. The maximum absolute atomic E-state index is 13.6. The summed E-state index contributed by atoms with van der Waals surface area (Å²) in [5.41, 5.74) is 4.12. The predicted octanol–water partition coefficient (Wildman–Crippen LogP) is 7.01. The molecule has 0 aliphatic carbocycles. The van der Waals surface area contributed by atoms with Crippen LogP contribution in [0.25, 0.3) is 0 Å². The molecule has 0 radical (unpaired) electrons. The summed E-state index contributed by atoms with van der Waals surface area (Å²) in [4.78, 5) is 2.34. The van der Waals surface area contributed by atoms with E-state index in [1.807, 2.05) is 54.6 Å². The number of nitrogens with zero attached hydrogens (tertiary/aromatic N) is 1. The Bertz CT molecular complexity index is 1470. The van der Waals surface area contributed by atoms with Crippen molar-refractivity contribution in [2.45, 2.75) is 63.8 Å². The van der Waals surface area contributed by atoms with Crippen LogP contribution >= 0.6 is 0 Å². The monoisotopic (exact) mass is 601 g/mol. The number of likely N-dealkylation sites (tertiary alicyclic amines) is 1. The van der Waals surface area contributed by atoms with Gasteiger partial charge in [0.15, 0.2) is 11.5 Å². The molecule has 2 aliphatic heterocycles. The van der Waals surface area contributed by atoms with Crippen LogP contribution in [0.1, 0.15) is 29.2 Å². The van der Waals surface area contributed by atoms with Gasteiger partial charge in [0.05, 0.1) is 25.9 Å². The first kappa shape index (κ1) is 30.2. The first-order valence-corrected chi connectivity index (χ1v) is 15.0. The third kappa shape index (κ3) is 7.63. The number of alkyl halides is 2. The summed E-state index contributed by atoms with van der Waals surface area (Å²) in [6.45, 7) is 4.77. The van der Waals surface area contributed by atoms with Crippen LogP contribution in [0.2, 0.25) is 0 Å². The van der Waals surface area contributed by atoms with E-state index in [0.29, 0.717) is 39.3 Å². The van der Waals surface area contributed by atoms with Gasteiger partial charge in [0.25, 0.3) is 0 Å². The highest BCUT2D eigenvalue weighted by atomic mass is 19.3. The minimum absolute atomic E-state index is 0.00518. The Kier molecular flexibility index (Phi) is 9.52. The first-order chi connectivity index (χ1) is 21.4. The van der Waals surface area contributed by atoms with Gasteiger partial charge in [0, 0.05) is 19.1 Å². The number of ether oxygens (including phenoxy) is 5. The van der Waals surface area contributed by atoms with E-state index in [4.69, 9.17) is 14.2 Å². The third-order valence-electron chi connectivity index (χ3n) is 8.19. The van der Waals surface area contributed by atoms with Gasteiger partial charge in [-0.15, -0.1) is 8.78 Å². The molecule has 4 aromatic rings. The summed E-state index contributed by atoms with van der Waals surface area (Å²) >= 11 is 0. The molecule has 4 atom stereocenters. The Labute approximate surface area is 257 Å². The quantitative estimate of drug-likeness (QED) is 0.174. The molecule has 0 aromatic heterocycles. The van der Waals surface area contributed by atoms with Crippen LogP contribution in [-0.2, 0) is 40.5 Å². The Morgan fingerprint density at radius 1 is 0.659 bits per heavy atom. The van der Waals surface area contributed by atoms with Crippen molar-refractivity contribution in [1.29, 1.82) is 0 Å². The molecule has 44 heavy (non-hydrogen) atoms. The lowest BCUT2D eigenvalue weighted by molar-refractivity contribution is -0.286. The van der Waals surface area contributed by atoms with Crippen molar-refractivity contribution < 1.29 is 32.5 Å². The van der Waals surface area contributed by atoms with Gasteiger partial charge < -0.3 is 23.7 Å². The van der Waals surface area contributed by atoms with E-state index < -0.39 is 6.29 Å². The topological polar surface area (TPSA) is 49.4 Å². The number of hydrogen-bond donors (Lipinski definition) is 0. The maximum atomic E-state index is 13.6. The summed E-state index contributed by atoms with van der Waals surface area (Å²) in [5.74, 6) is 0.106. The molecule has 0 unspecified atom stereocenters. The minimum atomic E-state index is -3.64. The van der Waals surface area contributed by atoms with Crippen molar-refractivity contribution in [3.8, 4) is 11.5 Å². The van der Waals surface area contributed by atoms with Crippen LogP contribution in [0.5, 0.6) is 11.5 Å². The molecule has 230 valence electrons. The lowest BCUT2D eigenvalue weighted by atomic mass is 9.93. The average molecular weight is 602 g/mol. The maximum Gasteiger partial charge on any atom is 0.586 e. The van der Waals surface area contributed by atoms with Crippen LogP contribution in [0.15, 0.2) is 109 Å². The summed E-state index contributed by atoms with van der Waals surface area (Å²) in [6, 6.07) is 35.3.